The minimum Gasteiger partial charge on any atom is -0.477 e. The molecule has 0 bridgehead atoms. The Bertz CT molecular complexity index is 928. The number of carboxylic acids is 1. The molecule has 0 spiro atoms. The maximum atomic E-state index is 14.9. The van der Waals surface area contributed by atoms with Crippen LogP contribution >= 0.6 is 12.4 Å². The van der Waals surface area contributed by atoms with Gasteiger partial charge in [-0.05, 0) is 19.4 Å². The van der Waals surface area contributed by atoms with Gasteiger partial charge in [-0.1, -0.05) is 0 Å². The number of rotatable bonds is 2. The molecular weight excluding hydrogens is 349 g/mol. The summed E-state index contributed by atoms with van der Waals surface area (Å²) < 4.78 is 16.6. The molecule has 134 valence electrons. The van der Waals surface area contributed by atoms with Crippen molar-refractivity contribution in [2.75, 3.05) is 24.5 Å². The first-order valence-electron chi connectivity index (χ1n) is 8.07. The molecular formula is C17H19ClFN3O3. The van der Waals surface area contributed by atoms with Crippen molar-refractivity contribution < 1.29 is 14.3 Å². The van der Waals surface area contributed by atoms with Crippen LogP contribution in [0.15, 0.2) is 17.1 Å². The summed E-state index contributed by atoms with van der Waals surface area (Å²) in [6, 6.07) is 1.47. The lowest BCUT2D eigenvalue weighted by atomic mass is 10.0. The van der Waals surface area contributed by atoms with Gasteiger partial charge in [0.25, 0.3) is 0 Å². The highest BCUT2D eigenvalue weighted by molar-refractivity contribution is 5.95. The predicted octanol–water partition coefficient (Wildman–Crippen LogP) is 1.61. The Hall–Kier alpha value is -2.12. The predicted molar refractivity (Wildman–Crippen MR) is 95.8 cm³/mol. The molecule has 0 amide bonds. The molecule has 6 nitrogen and oxygen atoms in total. The smallest absolute Gasteiger partial charge is 0.341 e. The van der Waals surface area contributed by atoms with Gasteiger partial charge in [0.2, 0.25) is 5.43 Å². The number of aromatic carboxylic acids is 1. The molecule has 1 unspecified atom stereocenters. The number of benzene rings is 1. The number of piperazine rings is 1. The topological polar surface area (TPSA) is 74.6 Å². The number of hydrogen-bond acceptors (Lipinski definition) is 4. The Balaban J connectivity index is 0.00000182. The summed E-state index contributed by atoms with van der Waals surface area (Å²) in [7, 11) is 0. The number of nitrogens with one attached hydrogen (secondary N) is 1. The third-order valence-electron chi connectivity index (χ3n) is 4.90. The van der Waals surface area contributed by atoms with E-state index in [4.69, 9.17) is 0 Å². The molecule has 1 atom stereocenters. The zero-order valence-corrected chi connectivity index (χ0v) is 14.5. The van der Waals surface area contributed by atoms with E-state index in [1.54, 1.807) is 4.57 Å². The Morgan fingerprint density at radius 3 is 2.84 bits per heavy atom. The number of carbonyl (C=O) groups is 1. The molecule has 0 saturated carbocycles. The van der Waals surface area contributed by atoms with E-state index in [1.165, 1.54) is 12.3 Å². The van der Waals surface area contributed by atoms with Crippen molar-refractivity contribution in [1.29, 1.82) is 0 Å². The van der Waals surface area contributed by atoms with Crippen molar-refractivity contribution in [1.82, 2.24) is 9.88 Å². The average Bonchev–Trinajstić information content (AvgIpc) is 2.94. The molecule has 1 aromatic heterocycles. The number of nitrogens with zero attached hydrogens (tertiary/aromatic N) is 2. The maximum Gasteiger partial charge on any atom is 0.341 e. The molecule has 0 aliphatic carbocycles. The van der Waals surface area contributed by atoms with Gasteiger partial charge in [0, 0.05) is 49.4 Å². The number of aromatic nitrogens is 1. The van der Waals surface area contributed by atoms with E-state index in [-0.39, 0.29) is 29.4 Å². The quantitative estimate of drug-likeness (QED) is 0.843. The van der Waals surface area contributed by atoms with Crippen LogP contribution in [0.5, 0.6) is 0 Å². The standard InChI is InChI=1S/C17H18FN3O3.ClH/c1-9-7-21(5-3-19-9)15-10-2-4-20-8-12(17(23)24)16(22)11(14(10)20)6-13(15)18;/h6,8-9,19H,2-5,7H2,1H3,(H,23,24);1H. The first-order valence-corrected chi connectivity index (χ1v) is 8.07. The van der Waals surface area contributed by atoms with Crippen molar-refractivity contribution >= 4 is 35.0 Å². The fourth-order valence-electron chi connectivity index (χ4n) is 3.88. The molecule has 3 heterocycles. The molecule has 25 heavy (non-hydrogen) atoms. The summed E-state index contributed by atoms with van der Waals surface area (Å²) >= 11 is 0. The molecule has 8 heteroatoms. The number of aryl methyl sites for hydroxylation is 2. The average molecular weight is 368 g/mol. The van der Waals surface area contributed by atoms with Crippen LogP contribution < -0.4 is 15.6 Å². The van der Waals surface area contributed by atoms with Gasteiger partial charge in [-0.2, -0.15) is 0 Å². The zero-order valence-electron chi connectivity index (χ0n) is 13.7. The molecule has 4 rings (SSSR count). The Morgan fingerprint density at radius 1 is 1.40 bits per heavy atom. The van der Waals surface area contributed by atoms with E-state index in [9.17, 15) is 19.1 Å². The normalized spacial score (nSPS) is 19.1. The van der Waals surface area contributed by atoms with Crippen LogP contribution in [0.25, 0.3) is 10.9 Å². The lowest BCUT2D eigenvalue weighted by Crippen LogP contribution is -2.49. The summed E-state index contributed by atoms with van der Waals surface area (Å²) in [4.78, 5) is 25.7. The Kier molecular flexibility index (Phi) is 4.47. The first-order chi connectivity index (χ1) is 11.5. The van der Waals surface area contributed by atoms with Crippen molar-refractivity contribution in [2.45, 2.75) is 25.9 Å². The van der Waals surface area contributed by atoms with E-state index in [0.29, 0.717) is 37.3 Å². The third kappa shape index (κ3) is 2.67. The molecule has 1 fully saturated rings. The number of hydrogen-bond donors (Lipinski definition) is 2. The minimum absolute atomic E-state index is 0. The number of pyridine rings is 1. The molecule has 1 aromatic carbocycles. The lowest BCUT2D eigenvalue weighted by molar-refractivity contribution is 0.0695. The number of anilines is 1. The Morgan fingerprint density at radius 2 is 2.16 bits per heavy atom. The van der Waals surface area contributed by atoms with Crippen LogP contribution in [0.4, 0.5) is 10.1 Å². The van der Waals surface area contributed by atoms with Crippen molar-refractivity contribution in [2.24, 2.45) is 0 Å². The summed E-state index contributed by atoms with van der Waals surface area (Å²) in [6.45, 7) is 4.80. The van der Waals surface area contributed by atoms with Gasteiger partial charge in [0.05, 0.1) is 11.2 Å². The summed E-state index contributed by atoms with van der Waals surface area (Å²) in [6.07, 6.45) is 1.98. The fraction of sp³-hybridized carbons (Fsp3) is 0.412. The van der Waals surface area contributed by atoms with Crippen LogP contribution in [-0.2, 0) is 13.0 Å². The summed E-state index contributed by atoms with van der Waals surface area (Å²) in [5.74, 6) is -1.72. The highest BCUT2D eigenvalue weighted by Gasteiger charge is 2.29. The second-order valence-electron chi connectivity index (χ2n) is 6.50. The third-order valence-corrected chi connectivity index (χ3v) is 4.90. The zero-order chi connectivity index (χ0) is 17.0. The van der Waals surface area contributed by atoms with Crippen LogP contribution in [0.1, 0.15) is 22.8 Å². The highest BCUT2D eigenvalue weighted by atomic mass is 35.5. The number of carboxylic acid groups (broad SMARTS) is 1. The summed E-state index contributed by atoms with van der Waals surface area (Å²) in [5.41, 5.74) is 1.12. The lowest BCUT2D eigenvalue weighted by Gasteiger charge is -2.35. The fourth-order valence-corrected chi connectivity index (χ4v) is 3.88. The van der Waals surface area contributed by atoms with Crippen LogP contribution in [0, 0.1) is 5.82 Å². The van der Waals surface area contributed by atoms with E-state index < -0.39 is 17.2 Å². The van der Waals surface area contributed by atoms with Crippen LogP contribution in [0.3, 0.4) is 0 Å². The van der Waals surface area contributed by atoms with Gasteiger partial charge in [0.1, 0.15) is 11.4 Å². The van der Waals surface area contributed by atoms with E-state index in [2.05, 4.69) is 12.2 Å². The van der Waals surface area contributed by atoms with Crippen LogP contribution in [-0.4, -0.2) is 41.3 Å². The molecule has 2 N–H and O–H groups in total. The van der Waals surface area contributed by atoms with E-state index in [0.717, 1.165) is 12.1 Å². The van der Waals surface area contributed by atoms with Gasteiger partial charge < -0.3 is 19.9 Å². The largest absolute Gasteiger partial charge is 0.477 e. The van der Waals surface area contributed by atoms with Gasteiger partial charge in [0.15, 0.2) is 0 Å². The van der Waals surface area contributed by atoms with Crippen LogP contribution in [0.2, 0.25) is 0 Å². The van der Waals surface area contributed by atoms with Crippen molar-refractivity contribution in [3.8, 4) is 0 Å². The van der Waals surface area contributed by atoms with E-state index >= 15 is 0 Å². The molecule has 2 aliphatic heterocycles. The molecule has 1 saturated heterocycles. The van der Waals surface area contributed by atoms with E-state index in [1.807, 2.05) is 4.90 Å². The highest BCUT2D eigenvalue weighted by Crippen LogP contribution is 2.35. The van der Waals surface area contributed by atoms with Crippen molar-refractivity contribution in [3.63, 3.8) is 0 Å². The van der Waals surface area contributed by atoms with Gasteiger partial charge >= 0.3 is 5.97 Å². The second-order valence-corrected chi connectivity index (χ2v) is 6.50. The maximum absolute atomic E-state index is 14.9. The summed E-state index contributed by atoms with van der Waals surface area (Å²) in [5, 5.41) is 12.7. The molecule has 0 radical (unpaired) electrons. The minimum atomic E-state index is -1.28. The first kappa shape index (κ1) is 17.7. The van der Waals surface area contributed by atoms with Gasteiger partial charge in [-0.15, -0.1) is 12.4 Å². The Labute approximate surface area is 149 Å². The van der Waals surface area contributed by atoms with Gasteiger partial charge in [-0.25, -0.2) is 9.18 Å². The molecule has 2 aliphatic rings. The second kappa shape index (κ2) is 6.31. The monoisotopic (exact) mass is 367 g/mol. The van der Waals surface area contributed by atoms with Crippen molar-refractivity contribution in [3.05, 3.63) is 39.4 Å². The van der Waals surface area contributed by atoms with Gasteiger partial charge in [-0.3, -0.25) is 4.79 Å². The SMILES string of the molecule is CC1CN(c2c(F)cc3c(=O)c(C(=O)O)cn4c3c2CC4)CCN1.Cl. The molecule has 2 aromatic rings. The number of halogens is 2.